The van der Waals surface area contributed by atoms with Gasteiger partial charge in [0.05, 0.1) is 11.2 Å². The van der Waals surface area contributed by atoms with Gasteiger partial charge in [0, 0.05) is 18.1 Å². The number of nitrogens with one attached hydrogen (secondary N) is 1. The maximum absolute atomic E-state index is 12.7. The highest BCUT2D eigenvalue weighted by molar-refractivity contribution is 6.80. The van der Waals surface area contributed by atoms with Gasteiger partial charge >= 0.3 is 6.09 Å². The topological polar surface area (TPSA) is 65.4 Å². The van der Waals surface area contributed by atoms with Gasteiger partial charge in [-0.05, 0) is 60.5 Å². The second kappa shape index (κ2) is 12.3. The van der Waals surface area contributed by atoms with E-state index in [-0.39, 0.29) is 29.6 Å². The fraction of sp³-hybridized carbons (Fsp3) is 0.371. The molecule has 1 radical (unpaired) electrons. The zero-order valence-electron chi connectivity index (χ0n) is 25.6. The van der Waals surface area contributed by atoms with Gasteiger partial charge in [-0.15, -0.1) is 0 Å². The quantitative estimate of drug-likeness (QED) is 0.234. The van der Waals surface area contributed by atoms with Crippen LogP contribution in [0.15, 0.2) is 91.0 Å². The van der Waals surface area contributed by atoms with Crippen LogP contribution in [0.25, 0.3) is 0 Å². The number of carbonyl (C=O) groups excluding carboxylic acids is 1. The average molecular weight is 581 g/mol. The number of hydrogen-bond acceptors (Lipinski definition) is 4. The van der Waals surface area contributed by atoms with Crippen LogP contribution < -0.4 is 15.7 Å². The van der Waals surface area contributed by atoms with E-state index in [1.54, 1.807) is 0 Å². The fourth-order valence-corrected chi connectivity index (χ4v) is 7.24. The maximum Gasteiger partial charge on any atom is 0.413 e. The second-order valence-electron chi connectivity index (χ2n) is 13.2. The van der Waals surface area contributed by atoms with Gasteiger partial charge in [-0.25, -0.2) is 9.48 Å². The third kappa shape index (κ3) is 7.20. The molecule has 1 amide bonds. The maximum atomic E-state index is 12.7. The molecule has 1 fully saturated rings. The third-order valence-electron chi connectivity index (χ3n) is 7.65. The largest absolute Gasteiger partial charge is 0.444 e. The lowest BCUT2D eigenvalue weighted by atomic mass is 9.80. The molecule has 0 spiro atoms. The molecule has 4 aromatic rings. The van der Waals surface area contributed by atoms with E-state index in [2.05, 4.69) is 101 Å². The summed E-state index contributed by atoms with van der Waals surface area (Å²) in [6.45, 7) is 13.2. The normalized spacial score (nSPS) is 17.1. The highest BCUT2D eigenvalue weighted by atomic mass is 28.3. The van der Waals surface area contributed by atoms with Crippen LogP contribution in [0, 0.1) is 0 Å². The summed E-state index contributed by atoms with van der Waals surface area (Å²) in [5.41, 5.74) is 3.06. The highest BCUT2D eigenvalue weighted by Gasteiger charge is 2.37. The third-order valence-corrected chi connectivity index (χ3v) is 9.94. The molecular weight excluding hydrogens is 538 g/mol. The summed E-state index contributed by atoms with van der Waals surface area (Å²) in [5, 5.41) is 10.4. The molecule has 1 heterocycles. The van der Waals surface area contributed by atoms with Crippen LogP contribution in [-0.2, 0) is 26.7 Å². The Morgan fingerprint density at radius 3 is 2.07 bits per heavy atom. The van der Waals surface area contributed by atoms with Crippen molar-refractivity contribution in [2.24, 2.45) is 0 Å². The number of aromatic nitrogens is 2. The summed E-state index contributed by atoms with van der Waals surface area (Å²) in [4.78, 5) is 12.7. The van der Waals surface area contributed by atoms with E-state index in [1.165, 1.54) is 15.9 Å². The Labute approximate surface area is 251 Å². The van der Waals surface area contributed by atoms with Crippen molar-refractivity contribution in [2.75, 3.05) is 5.32 Å². The number of carbonyl (C=O) groups is 1. The number of nitrogens with zero attached hydrogens (tertiary/aromatic N) is 2. The molecule has 1 saturated carbocycles. The monoisotopic (exact) mass is 580 g/mol. The number of anilines is 1. The van der Waals surface area contributed by atoms with Crippen molar-refractivity contribution in [3.63, 3.8) is 0 Å². The van der Waals surface area contributed by atoms with Crippen molar-refractivity contribution < 1.29 is 14.0 Å². The zero-order valence-corrected chi connectivity index (χ0v) is 26.6. The lowest BCUT2D eigenvalue weighted by Gasteiger charge is -2.36. The molecule has 219 valence electrons. The second-order valence-corrected chi connectivity index (χ2v) is 15.2. The molecule has 0 aliphatic heterocycles. The van der Waals surface area contributed by atoms with Gasteiger partial charge in [-0.1, -0.05) is 106 Å². The summed E-state index contributed by atoms with van der Waals surface area (Å²) in [6, 6.07) is 31.3. The van der Waals surface area contributed by atoms with E-state index in [0.717, 1.165) is 24.1 Å². The summed E-state index contributed by atoms with van der Waals surface area (Å²) in [5.74, 6) is 0.926. The van der Waals surface area contributed by atoms with Crippen molar-refractivity contribution in [3.05, 3.63) is 108 Å². The molecule has 7 heteroatoms. The first-order valence-electron chi connectivity index (χ1n) is 14.8. The number of amides is 1. The zero-order chi connectivity index (χ0) is 29.9. The van der Waals surface area contributed by atoms with E-state index < -0.39 is 15.1 Å². The highest BCUT2D eigenvalue weighted by Crippen LogP contribution is 2.40. The van der Waals surface area contributed by atoms with Crippen LogP contribution in [0.2, 0.25) is 0 Å². The molecule has 1 aromatic heterocycles. The number of rotatable bonds is 8. The van der Waals surface area contributed by atoms with Crippen LogP contribution in [0.4, 0.5) is 10.6 Å². The predicted molar refractivity (Wildman–Crippen MR) is 171 cm³/mol. The van der Waals surface area contributed by atoms with Crippen molar-refractivity contribution >= 4 is 31.3 Å². The molecule has 0 saturated heterocycles. The van der Waals surface area contributed by atoms with Gasteiger partial charge < -0.3 is 9.16 Å². The van der Waals surface area contributed by atoms with E-state index in [9.17, 15) is 4.79 Å². The van der Waals surface area contributed by atoms with Crippen LogP contribution in [0.3, 0.4) is 0 Å². The van der Waals surface area contributed by atoms with Crippen molar-refractivity contribution in [1.82, 2.24) is 9.78 Å². The van der Waals surface area contributed by atoms with Gasteiger partial charge in [0.15, 0.2) is 0 Å². The lowest BCUT2D eigenvalue weighted by Crippen LogP contribution is -2.49. The summed E-state index contributed by atoms with van der Waals surface area (Å²) < 4.78 is 14.2. The van der Waals surface area contributed by atoms with E-state index >= 15 is 0 Å². The summed E-state index contributed by atoms with van der Waals surface area (Å²) in [7, 11) is -1.40. The van der Waals surface area contributed by atoms with E-state index in [1.807, 2.05) is 41.1 Å². The van der Waals surface area contributed by atoms with Gasteiger partial charge in [0.25, 0.3) is 9.04 Å². The standard InChI is InChI=1S/C35H42N3O3Si/c1-34(2,3)27-17-19-30(20-18-27)42(29-15-11-8-12-16-29)41-28-21-26(22-28)31-23-32(38(37-31)35(4,5)6)36-33(39)40-24-25-13-9-7-10-14-25/h7-20,23,26,28H,21-22,24H2,1-6H3,(H,36,39). The number of ether oxygens (including phenoxy) is 1. The Morgan fingerprint density at radius 1 is 0.881 bits per heavy atom. The van der Waals surface area contributed by atoms with Gasteiger partial charge in [0.1, 0.15) is 12.4 Å². The molecule has 1 N–H and O–H groups in total. The van der Waals surface area contributed by atoms with Gasteiger partial charge in [-0.3, -0.25) is 5.32 Å². The molecule has 5 rings (SSSR count). The number of hydrogen-bond donors (Lipinski definition) is 1. The molecular formula is C35H42N3O3Si. The Kier molecular flexibility index (Phi) is 8.71. The molecule has 42 heavy (non-hydrogen) atoms. The minimum absolute atomic E-state index is 0.114. The molecule has 1 aliphatic carbocycles. The first-order chi connectivity index (χ1) is 20.0. The average Bonchev–Trinajstić information content (AvgIpc) is 3.36. The molecule has 0 bridgehead atoms. The van der Waals surface area contributed by atoms with Crippen LogP contribution in [0.1, 0.15) is 77.1 Å². The van der Waals surface area contributed by atoms with E-state index in [0.29, 0.717) is 5.82 Å². The molecule has 3 aromatic carbocycles. The van der Waals surface area contributed by atoms with Gasteiger partial charge in [0.2, 0.25) is 0 Å². The van der Waals surface area contributed by atoms with E-state index in [4.69, 9.17) is 14.3 Å². The smallest absolute Gasteiger partial charge is 0.413 e. The SMILES string of the molecule is CC(C)(C)c1ccc([Si](OC2CC(c3cc(NC(=O)OCc4ccccc4)n(C(C)(C)C)n3)C2)c2ccccc2)cc1. The Hall–Kier alpha value is -3.68. The Balaban J connectivity index is 1.26. The van der Waals surface area contributed by atoms with Crippen LogP contribution >= 0.6 is 0 Å². The van der Waals surface area contributed by atoms with Crippen molar-refractivity contribution in [3.8, 4) is 0 Å². The fourth-order valence-electron chi connectivity index (χ4n) is 5.15. The van der Waals surface area contributed by atoms with Gasteiger partial charge in [-0.2, -0.15) is 5.10 Å². The Morgan fingerprint density at radius 2 is 1.48 bits per heavy atom. The lowest BCUT2D eigenvalue weighted by molar-refractivity contribution is 0.0995. The molecule has 0 atom stereocenters. The summed E-state index contributed by atoms with van der Waals surface area (Å²) in [6.07, 6.45) is 1.48. The first-order valence-corrected chi connectivity index (χ1v) is 16.2. The number of benzene rings is 3. The summed E-state index contributed by atoms with van der Waals surface area (Å²) >= 11 is 0. The molecule has 6 nitrogen and oxygen atoms in total. The van der Waals surface area contributed by atoms with Crippen molar-refractivity contribution in [1.29, 1.82) is 0 Å². The van der Waals surface area contributed by atoms with Crippen LogP contribution in [0.5, 0.6) is 0 Å². The Bertz CT molecular complexity index is 1470. The predicted octanol–water partition coefficient (Wildman–Crippen LogP) is 6.75. The van der Waals surface area contributed by atoms with Crippen molar-refractivity contribution in [2.45, 2.75) is 84.0 Å². The first kappa shape index (κ1) is 29.8. The molecule has 0 unspecified atom stereocenters. The minimum atomic E-state index is -1.40. The molecule has 1 aliphatic rings. The van der Waals surface area contributed by atoms with Crippen LogP contribution in [-0.4, -0.2) is 31.0 Å². The minimum Gasteiger partial charge on any atom is -0.444 e.